The fourth-order valence-corrected chi connectivity index (χ4v) is 3.33. The monoisotopic (exact) mass is 272 g/mol. The van der Waals surface area contributed by atoms with E-state index < -0.39 is 16.1 Å². The second kappa shape index (κ2) is 5.69. The Morgan fingerprint density at radius 2 is 2.00 bits per heavy atom. The van der Waals surface area contributed by atoms with Gasteiger partial charge in [-0.2, -0.15) is 0 Å². The zero-order chi connectivity index (χ0) is 13.9. The lowest BCUT2D eigenvalue weighted by Crippen LogP contribution is -2.37. The number of nitrogens with two attached hydrogens (primary N) is 1. The van der Waals surface area contributed by atoms with E-state index in [1.165, 1.54) is 6.07 Å². The van der Waals surface area contributed by atoms with Gasteiger partial charge in [0, 0.05) is 11.7 Å². The van der Waals surface area contributed by atoms with Gasteiger partial charge in [-0.25, -0.2) is 13.1 Å². The highest BCUT2D eigenvalue weighted by molar-refractivity contribution is 7.89. The van der Waals surface area contributed by atoms with Gasteiger partial charge >= 0.3 is 0 Å². The summed E-state index contributed by atoms with van der Waals surface area (Å²) in [6, 6.07) is 2.70. The van der Waals surface area contributed by atoms with E-state index in [0.29, 0.717) is 17.7 Å². The molecule has 0 amide bonds. The second-order valence-corrected chi connectivity index (χ2v) is 6.05. The third-order valence-corrected chi connectivity index (χ3v) is 4.61. The summed E-state index contributed by atoms with van der Waals surface area (Å²) < 4.78 is 26.9. The normalized spacial score (nSPS) is 13.6. The third-order valence-electron chi connectivity index (χ3n) is 2.97. The summed E-state index contributed by atoms with van der Waals surface area (Å²) >= 11 is 0. The molecule has 0 spiro atoms. The molecule has 4 N–H and O–H groups in total. The minimum Gasteiger partial charge on any atom is -0.399 e. The molecule has 0 radical (unpaired) electrons. The molecular formula is C12H20N2O3S. The van der Waals surface area contributed by atoms with Crippen molar-refractivity contribution in [3.05, 3.63) is 23.3 Å². The summed E-state index contributed by atoms with van der Waals surface area (Å²) in [6.07, 6.45) is 0.524. The number of sulfonamides is 1. The average molecular weight is 272 g/mol. The van der Waals surface area contributed by atoms with Crippen LogP contribution in [0.4, 0.5) is 5.69 Å². The maximum Gasteiger partial charge on any atom is 0.241 e. The fraction of sp³-hybridized carbons (Fsp3) is 0.500. The zero-order valence-electron chi connectivity index (χ0n) is 10.9. The van der Waals surface area contributed by atoms with Gasteiger partial charge in [-0.3, -0.25) is 0 Å². The Labute approximate surface area is 108 Å². The topological polar surface area (TPSA) is 92.4 Å². The number of benzene rings is 1. The number of aliphatic hydroxyl groups is 1. The van der Waals surface area contributed by atoms with Gasteiger partial charge in [-0.1, -0.05) is 6.92 Å². The van der Waals surface area contributed by atoms with Crippen molar-refractivity contribution in [2.45, 2.75) is 38.1 Å². The van der Waals surface area contributed by atoms with Crippen LogP contribution >= 0.6 is 0 Å². The van der Waals surface area contributed by atoms with E-state index in [0.717, 1.165) is 5.56 Å². The van der Waals surface area contributed by atoms with Crippen LogP contribution < -0.4 is 10.5 Å². The second-order valence-electron chi connectivity index (χ2n) is 4.37. The van der Waals surface area contributed by atoms with Crippen LogP contribution in [0.3, 0.4) is 0 Å². The molecule has 18 heavy (non-hydrogen) atoms. The molecule has 1 rings (SSSR count). The summed E-state index contributed by atoms with van der Waals surface area (Å²) in [5.74, 6) is 0. The van der Waals surface area contributed by atoms with Crippen LogP contribution in [0.1, 0.15) is 24.5 Å². The van der Waals surface area contributed by atoms with Crippen LogP contribution in [0.2, 0.25) is 0 Å². The molecule has 0 fully saturated rings. The molecule has 0 aliphatic carbocycles. The van der Waals surface area contributed by atoms with Crippen molar-refractivity contribution in [3.8, 4) is 0 Å². The minimum absolute atomic E-state index is 0.173. The van der Waals surface area contributed by atoms with Gasteiger partial charge in [0.2, 0.25) is 10.0 Å². The Kier molecular flexibility index (Phi) is 4.72. The first-order valence-electron chi connectivity index (χ1n) is 5.81. The van der Waals surface area contributed by atoms with Gasteiger partial charge in [0.05, 0.1) is 11.5 Å². The lowest BCUT2D eigenvalue weighted by atomic mass is 10.1. The molecule has 0 saturated carbocycles. The summed E-state index contributed by atoms with van der Waals surface area (Å²) in [7, 11) is -3.65. The van der Waals surface area contributed by atoms with Gasteiger partial charge in [0.15, 0.2) is 0 Å². The maximum absolute atomic E-state index is 12.2. The molecule has 0 heterocycles. The Hall–Kier alpha value is -1.11. The van der Waals surface area contributed by atoms with Crippen LogP contribution in [-0.4, -0.2) is 26.2 Å². The minimum atomic E-state index is -3.65. The fourth-order valence-electron chi connectivity index (χ4n) is 1.67. The molecule has 0 aromatic heterocycles. The van der Waals surface area contributed by atoms with E-state index in [2.05, 4.69) is 4.72 Å². The predicted octanol–water partition coefficient (Wildman–Crippen LogP) is 0.935. The van der Waals surface area contributed by atoms with Crippen LogP contribution in [-0.2, 0) is 10.0 Å². The maximum atomic E-state index is 12.2. The average Bonchev–Trinajstić information content (AvgIpc) is 2.30. The van der Waals surface area contributed by atoms with E-state index in [1.54, 1.807) is 19.9 Å². The van der Waals surface area contributed by atoms with Crippen molar-refractivity contribution in [1.29, 1.82) is 0 Å². The first-order chi connectivity index (χ1) is 8.31. The number of anilines is 1. The highest BCUT2D eigenvalue weighted by atomic mass is 32.2. The van der Waals surface area contributed by atoms with E-state index in [1.807, 2.05) is 6.92 Å². The van der Waals surface area contributed by atoms with Crippen molar-refractivity contribution in [2.75, 3.05) is 12.3 Å². The van der Waals surface area contributed by atoms with Gasteiger partial charge in [-0.05, 0) is 43.5 Å². The molecule has 0 saturated heterocycles. The zero-order valence-corrected chi connectivity index (χ0v) is 11.7. The molecule has 0 aliphatic rings. The van der Waals surface area contributed by atoms with Gasteiger partial charge in [0.25, 0.3) is 0 Å². The van der Waals surface area contributed by atoms with Crippen molar-refractivity contribution in [2.24, 2.45) is 0 Å². The highest BCUT2D eigenvalue weighted by Crippen LogP contribution is 2.22. The molecule has 1 aromatic carbocycles. The number of aliphatic hydroxyl groups excluding tert-OH is 1. The molecule has 102 valence electrons. The molecule has 0 bridgehead atoms. The largest absolute Gasteiger partial charge is 0.399 e. The Morgan fingerprint density at radius 1 is 1.39 bits per heavy atom. The van der Waals surface area contributed by atoms with Crippen LogP contribution in [0.25, 0.3) is 0 Å². The molecule has 6 heteroatoms. The first kappa shape index (κ1) is 14.9. The van der Waals surface area contributed by atoms with Gasteiger partial charge in [-0.15, -0.1) is 0 Å². The number of rotatable bonds is 5. The van der Waals surface area contributed by atoms with E-state index in [9.17, 15) is 8.42 Å². The lowest BCUT2D eigenvalue weighted by Gasteiger charge is -2.17. The molecule has 0 aliphatic heterocycles. The first-order valence-corrected chi connectivity index (χ1v) is 7.30. The SMILES string of the molecule is CC[C@H](CO)NS(=O)(=O)c1cc(N)cc(C)c1C. The summed E-state index contributed by atoms with van der Waals surface area (Å²) in [6.45, 7) is 5.13. The van der Waals surface area contributed by atoms with Crippen molar-refractivity contribution in [3.63, 3.8) is 0 Å². The summed E-state index contributed by atoms with van der Waals surface area (Å²) in [5.41, 5.74) is 7.59. The molecule has 1 aromatic rings. The predicted molar refractivity (Wildman–Crippen MR) is 71.8 cm³/mol. The number of hydrogen-bond acceptors (Lipinski definition) is 4. The van der Waals surface area contributed by atoms with E-state index in [4.69, 9.17) is 10.8 Å². The van der Waals surface area contributed by atoms with Crippen LogP contribution in [0.5, 0.6) is 0 Å². The number of aryl methyl sites for hydroxylation is 1. The standard InChI is InChI=1S/C12H20N2O3S/c1-4-11(7-15)14-18(16,17)12-6-10(13)5-8(2)9(12)3/h5-6,11,14-15H,4,7,13H2,1-3H3/t11-/m1/s1. The van der Waals surface area contributed by atoms with E-state index >= 15 is 0 Å². The quantitative estimate of drug-likeness (QED) is 0.695. The number of hydrogen-bond donors (Lipinski definition) is 3. The van der Waals surface area contributed by atoms with Crippen LogP contribution in [0, 0.1) is 13.8 Å². The number of nitrogens with one attached hydrogen (secondary N) is 1. The molecular weight excluding hydrogens is 252 g/mol. The smallest absolute Gasteiger partial charge is 0.241 e. The molecule has 0 unspecified atom stereocenters. The van der Waals surface area contributed by atoms with Crippen LogP contribution in [0.15, 0.2) is 17.0 Å². The van der Waals surface area contributed by atoms with Gasteiger partial charge < -0.3 is 10.8 Å². The highest BCUT2D eigenvalue weighted by Gasteiger charge is 2.21. The molecule has 1 atom stereocenters. The Bertz CT molecular complexity index is 522. The van der Waals surface area contributed by atoms with Gasteiger partial charge in [0.1, 0.15) is 0 Å². The lowest BCUT2D eigenvalue weighted by molar-refractivity contribution is 0.254. The third kappa shape index (κ3) is 3.22. The summed E-state index contributed by atoms with van der Waals surface area (Å²) in [4.78, 5) is 0.173. The number of nitrogen functional groups attached to an aromatic ring is 1. The molecule has 5 nitrogen and oxygen atoms in total. The Morgan fingerprint density at radius 3 is 2.50 bits per heavy atom. The summed E-state index contributed by atoms with van der Waals surface area (Å²) in [5, 5.41) is 9.06. The van der Waals surface area contributed by atoms with Crippen molar-refractivity contribution < 1.29 is 13.5 Å². The van der Waals surface area contributed by atoms with Crippen molar-refractivity contribution >= 4 is 15.7 Å². The van der Waals surface area contributed by atoms with Crippen molar-refractivity contribution in [1.82, 2.24) is 4.72 Å². The van der Waals surface area contributed by atoms with E-state index in [-0.39, 0.29) is 11.5 Å². The Balaban J connectivity index is 3.20.